The second-order valence-corrected chi connectivity index (χ2v) is 10.3. The summed E-state index contributed by atoms with van der Waals surface area (Å²) >= 11 is 3.39. The van der Waals surface area contributed by atoms with Gasteiger partial charge in [0.25, 0.3) is 0 Å². The largest absolute Gasteiger partial charge is 0.444 e. The van der Waals surface area contributed by atoms with Crippen LogP contribution in [-0.2, 0) is 9.47 Å². The molecule has 1 aromatic heterocycles. The average molecular weight is 489 g/mol. The number of carbonyl (C=O) groups excluding carboxylic acids is 1. The lowest BCUT2D eigenvalue weighted by Crippen LogP contribution is -2.47. The summed E-state index contributed by atoms with van der Waals surface area (Å²) in [6, 6.07) is 11.9. The molecule has 3 heterocycles. The lowest BCUT2D eigenvalue weighted by molar-refractivity contribution is -0.0485. The number of piperidine rings is 1. The zero-order chi connectivity index (χ0) is 22.1. The Morgan fingerprint density at radius 3 is 2.68 bits per heavy atom. The fraction of sp³-hybridized carbons (Fsp3) is 0.500. The summed E-state index contributed by atoms with van der Waals surface area (Å²) in [5.41, 5.74) is 0.578. The van der Waals surface area contributed by atoms with Crippen LogP contribution < -0.4 is 4.74 Å². The number of nitrogens with zero attached hydrogens (tertiary/aromatic N) is 2. The Balaban J connectivity index is 1.36. The van der Waals surface area contributed by atoms with Crippen molar-refractivity contribution >= 4 is 22.0 Å². The molecule has 2 fully saturated rings. The molecule has 0 aliphatic carbocycles. The quantitative estimate of drug-likeness (QED) is 0.537. The Kier molecular flexibility index (Phi) is 6.26. The lowest BCUT2D eigenvalue weighted by atomic mass is 9.83. The van der Waals surface area contributed by atoms with Gasteiger partial charge in [-0.1, -0.05) is 12.1 Å². The molecule has 0 saturated carbocycles. The first-order valence-electron chi connectivity index (χ1n) is 10.7. The van der Waals surface area contributed by atoms with Crippen LogP contribution in [0.3, 0.4) is 0 Å². The first kappa shape index (κ1) is 22.1. The highest BCUT2D eigenvalue weighted by molar-refractivity contribution is 9.10. The van der Waals surface area contributed by atoms with Crippen LogP contribution in [0, 0.1) is 0 Å². The number of rotatable bonds is 3. The SMILES string of the molecule is CC(C)(C)OC(=O)N1CCC2(CC1)C[C@H](c1cccc(Oc3ccc(Br)cn3)c1)CO2. The molecule has 1 spiro atoms. The third-order valence-corrected chi connectivity index (χ3v) is 6.26. The van der Waals surface area contributed by atoms with Gasteiger partial charge in [0, 0.05) is 35.7 Å². The smallest absolute Gasteiger partial charge is 0.410 e. The molecule has 2 aliphatic rings. The molecule has 4 rings (SSSR count). The van der Waals surface area contributed by atoms with E-state index in [9.17, 15) is 4.79 Å². The Morgan fingerprint density at radius 2 is 2.00 bits per heavy atom. The molecular weight excluding hydrogens is 460 g/mol. The van der Waals surface area contributed by atoms with Crippen LogP contribution in [0.2, 0.25) is 0 Å². The van der Waals surface area contributed by atoms with Crippen LogP contribution in [0.15, 0.2) is 47.1 Å². The van der Waals surface area contributed by atoms with E-state index in [2.05, 4.69) is 33.0 Å². The molecule has 31 heavy (non-hydrogen) atoms. The fourth-order valence-corrected chi connectivity index (χ4v) is 4.44. The lowest BCUT2D eigenvalue weighted by Gasteiger charge is -2.39. The Morgan fingerprint density at radius 1 is 1.23 bits per heavy atom. The number of carbonyl (C=O) groups is 1. The zero-order valence-corrected chi connectivity index (χ0v) is 19.9. The maximum atomic E-state index is 12.4. The van der Waals surface area contributed by atoms with Gasteiger partial charge in [-0.05, 0) is 79.7 Å². The molecule has 0 N–H and O–H groups in total. The topological polar surface area (TPSA) is 60.9 Å². The minimum absolute atomic E-state index is 0.159. The van der Waals surface area contributed by atoms with Gasteiger partial charge in [0.05, 0.1) is 12.2 Å². The number of pyridine rings is 1. The van der Waals surface area contributed by atoms with Crippen molar-refractivity contribution < 1.29 is 19.0 Å². The molecule has 7 heteroatoms. The van der Waals surface area contributed by atoms with Crippen molar-refractivity contribution in [1.82, 2.24) is 9.88 Å². The number of ether oxygens (including phenoxy) is 3. The predicted octanol–water partition coefficient (Wildman–Crippen LogP) is 5.91. The van der Waals surface area contributed by atoms with Gasteiger partial charge in [-0.15, -0.1) is 0 Å². The summed E-state index contributed by atoms with van der Waals surface area (Å²) in [7, 11) is 0. The predicted molar refractivity (Wildman–Crippen MR) is 122 cm³/mol. The van der Waals surface area contributed by atoms with Crippen LogP contribution in [0.1, 0.15) is 51.5 Å². The normalized spacial score (nSPS) is 20.6. The summed E-state index contributed by atoms with van der Waals surface area (Å²) in [4.78, 5) is 18.4. The van der Waals surface area contributed by atoms with E-state index in [1.807, 2.05) is 45.0 Å². The van der Waals surface area contributed by atoms with Crippen molar-refractivity contribution in [2.75, 3.05) is 19.7 Å². The molecule has 2 saturated heterocycles. The number of aromatic nitrogens is 1. The minimum atomic E-state index is -0.472. The molecular formula is C24H29BrN2O4. The van der Waals surface area contributed by atoms with Gasteiger partial charge in [0.2, 0.25) is 5.88 Å². The van der Waals surface area contributed by atoms with Crippen LogP contribution >= 0.6 is 15.9 Å². The highest BCUT2D eigenvalue weighted by atomic mass is 79.9. The Bertz CT molecular complexity index is 918. The van der Waals surface area contributed by atoms with Crippen LogP contribution in [-0.4, -0.2) is 46.9 Å². The van der Waals surface area contributed by atoms with E-state index in [0.717, 1.165) is 29.5 Å². The molecule has 6 nitrogen and oxygen atoms in total. The zero-order valence-electron chi connectivity index (χ0n) is 18.3. The van der Waals surface area contributed by atoms with Crippen molar-refractivity contribution in [3.8, 4) is 11.6 Å². The molecule has 166 valence electrons. The standard InChI is InChI=1S/C24H29BrN2O4/c1-23(2,3)31-22(28)27-11-9-24(10-12-27)14-18(16-29-24)17-5-4-6-20(13-17)30-21-8-7-19(25)15-26-21/h4-8,13,15,18H,9-12,14,16H2,1-3H3/t18-/m0/s1. The van der Waals surface area contributed by atoms with Gasteiger partial charge < -0.3 is 19.1 Å². The van der Waals surface area contributed by atoms with Crippen molar-refractivity contribution in [1.29, 1.82) is 0 Å². The first-order chi connectivity index (χ1) is 14.7. The minimum Gasteiger partial charge on any atom is -0.444 e. The van der Waals surface area contributed by atoms with E-state index in [1.54, 1.807) is 11.1 Å². The number of amides is 1. The molecule has 0 radical (unpaired) electrons. The maximum Gasteiger partial charge on any atom is 0.410 e. The monoisotopic (exact) mass is 488 g/mol. The third-order valence-electron chi connectivity index (χ3n) is 5.79. The van der Waals surface area contributed by atoms with E-state index in [0.29, 0.717) is 31.5 Å². The molecule has 0 unspecified atom stereocenters. The average Bonchev–Trinajstić information content (AvgIpc) is 3.13. The van der Waals surface area contributed by atoms with Gasteiger partial charge in [0.15, 0.2) is 0 Å². The van der Waals surface area contributed by atoms with Gasteiger partial charge in [-0.2, -0.15) is 0 Å². The molecule has 2 aromatic rings. The van der Waals surface area contributed by atoms with E-state index >= 15 is 0 Å². The van der Waals surface area contributed by atoms with E-state index in [-0.39, 0.29) is 11.7 Å². The molecule has 1 atom stereocenters. The summed E-state index contributed by atoms with van der Waals surface area (Å²) < 4.78 is 18.7. The van der Waals surface area contributed by atoms with Crippen LogP contribution in [0.25, 0.3) is 0 Å². The van der Waals surface area contributed by atoms with Crippen LogP contribution in [0.4, 0.5) is 4.79 Å². The second-order valence-electron chi connectivity index (χ2n) is 9.35. The van der Waals surface area contributed by atoms with E-state index in [4.69, 9.17) is 14.2 Å². The molecule has 1 aromatic carbocycles. The number of hydrogen-bond acceptors (Lipinski definition) is 5. The van der Waals surface area contributed by atoms with E-state index in [1.165, 1.54) is 5.56 Å². The third kappa shape index (κ3) is 5.57. The fourth-order valence-electron chi connectivity index (χ4n) is 4.21. The van der Waals surface area contributed by atoms with Gasteiger partial charge >= 0.3 is 6.09 Å². The number of hydrogen-bond donors (Lipinski definition) is 0. The van der Waals surface area contributed by atoms with E-state index < -0.39 is 5.60 Å². The summed E-state index contributed by atoms with van der Waals surface area (Å²) in [5.74, 6) is 1.65. The Hall–Kier alpha value is -2.12. The first-order valence-corrected chi connectivity index (χ1v) is 11.5. The summed E-state index contributed by atoms with van der Waals surface area (Å²) in [6.07, 6.45) is 4.11. The number of halogens is 1. The van der Waals surface area contributed by atoms with Crippen LogP contribution in [0.5, 0.6) is 11.6 Å². The molecule has 1 amide bonds. The molecule has 2 aliphatic heterocycles. The molecule has 0 bridgehead atoms. The maximum absolute atomic E-state index is 12.4. The van der Waals surface area contributed by atoms with Gasteiger partial charge in [-0.25, -0.2) is 9.78 Å². The second kappa shape index (κ2) is 8.79. The van der Waals surface area contributed by atoms with Crippen molar-refractivity contribution in [3.63, 3.8) is 0 Å². The van der Waals surface area contributed by atoms with Gasteiger partial charge in [-0.3, -0.25) is 0 Å². The highest BCUT2D eigenvalue weighted by Crippen LogP contribution is 2.43. The Labute approximate surface area is 192 Å². The van der Waals surface area contributed by atoms with Crippen molar-refractivity contribution in [2.24, 2.45) is 0 Å². The van der Waals surface area contributed by atoms with Gasteiger partial charge in [0.1, 0.15) is 11.4 Å². The number of likely N-dealkylation sites (tertiary alicyclic amines) is 1. The summed E-state index contributed by atoms with van der Waals surface area (Å²) in [6.45, 7) is 7.70. The van der Waals surface area contributed by atoms with Crippen molar-refractivity contribution in [2.45, 2.75) is 57.2 Å². The summed E-state index contributed by atoms with van der Waals surface area (Å²) in [5, 5.41) is 0. The highest BCUT2D eigenvalue weighted by Gasteiger charge is 2.44. The van der Waals surface area contributed by atoms with Crippen molar-refractivity contribution in [3.05, 3.63) is 52.6 Å². The number of benzene rings is 1.